The SMILES string of the molecule is CC1(C)c2cc3ccccc3cc2-c2c(-c3cc(-c4ccc(-c5ccc6ncccc6c5)cc4)nc(-c4ccccc4)n3)cccc21. The van der Waals surface area contributed by atoms with Crippen LogP contribution in [0.1, 0.15) is 25.0 Å². The number of hydrogen-bond acceptors (Lipinski definition) is 3. The minimum atomic E-state index is -0.127. The Bertz CT molecular complexity index is 2480. The first-order valence-corrected chi connectivity index (χ1v) is 16.1. The van der Waals surface area contributed by atoms with Gasteiger partial charge in [0.05, 0.1) is 16.9 Å². The average Bonchev–Trinajstić information content (AvgIpc) is 3.36. The first-order valence-electron chi connectivity index (χ1n) is 16.1. The van der Waals surface area contributed by atoms with Crippen LogP contribution in [0.15, 0.2) is 152 Å². The van der Waals surface area contributed by atoms with E-state index in [2.05, 4.69) is 140 Å². The summed E-state index contributed by atoms with van der Waals surface area (Å²) in [5.41, 5.74) is 13.4. The Balaban J connectivity index is 1.21. The van der Waals surface area contributed by atoms with Gasteiger partial charge in [-0.1, -0.05) is 123 Å². The molecular weight excluding hydrogens is 571 g/mol. The lowest BCUT2D eigenvalue weighted by molar-refractivity contribution is 0.661. The summed E-state index contributed by atoms with van der Waals surface area (Å²) >= 11 is 0. The van der Waals surface area contributed by atoms with Crippen molar-refractivity contribution in [3.05, 3.63) is 163 Å². The highest BCUT2D eigenvalue weighted by atomic mass is 14.9. The van der Waals surface area contributed by atoms with Crippen molar-refractivity contribution in [1.29, 1.82) is 0 Å². The smallest absolute Gasteiger partial charge is 0.160 e. The molecule has 0 aliphatic heterocycles. The van der Waals surface area contributed by atoms with Crippen LogP contribution in [0.3, 0.4) is 0 Å². The number of benzene rings is 6. The van der Waals surface area contributed by atoms with E-state index in [0.717, 1.165) is 50.4 Å². The molecule has 0 saturated heterocycles. The predicted octanol–water partition coefficient (Wildman–Crippen LogP) is 11.2. The van der Waals surface area contributed by atoms with E-state index < -0.39 is 0 Å². The number of aromatic nitrogens is 3. The maximum Gasteiger partial charge on any atom is 0.160 e. The molecular formula is C44H31N3. The fourth-order valence-electron chi connectivity index (χ4n) is 7.22. The van der Waals surface area contributed by atoms with Gasteiger partial charge in [-0.15, -0.1) is 0 Å². The van der Waals surface area contributed by atoms with Crippen LogP contribution < -0.4 is 0 Å². The lowest BCUT2D eigenvalue weighted by Gasteiger charge is -2.22. The topological polar surface area (TPSA) is 38.7 Å². The third-order valence-corrected chi connectivity index (χ3v) is 9.72. The molecule has 0 spiro atoms. The molecule has 0 amide bonds. The van der Waals surface area contributed by atoms with Crippen LogP contribution in [0.4, 0.5) is 0 Å². The van der Waals surface area contributed by atoms with E-state index in [9.17, 15) is 0 Å². The molecule has 2 heterocycles. The van der Waals surface area contributed by atoms with Crippen LogP contribution >= 0.6 is 0 Å². The minimum Gasteiger partial charge on any atom is -0.256 e. The molecule has 0 bridgehead atoms. The second-order valence-corrected chi connectivity index (χ2v) is 12.9. The highest BCUT2D eigenvalue weighted by Crippen LogP contribution is 2.53. The zero-order valence-electron chi connectivity index (χ0n) is 26.3. The van der Waals surface area contributed by atoms with Crippen molar-refractivity contribution >= 4 is 21.7 Å². The number of hydrogen-bond donors (Lipinski definition) is 0. The predicted molar refractivity (Wildman–Crippen MR) is 194 cm³/mol. The second kappa shape index (κ2) is 10.6. The van der Waals surface area contributed by atoms with Gasteiger partial charge in [-0.3, -0.25) is 4.98 Å². The zero-order valence-corrected chi connectivity index (χ0v) is 26.3. The van der Waals surface area contributed by atoms with E-state index in [1.165, 1.54) is 38.6 Å². The van der Waals surface area contributed by atoms with E-state index in [0.29, 0.717) is 0 Å². The summed E-state index contributed by atoms with van der Waals surface area (Å²) < 4.78 is 0. The molecule has 0 atom stereocenters. The Morgan fingerprint density at radius 1 is 0.447 bits per heavy atom. The van der Waals surface area contributed by atoms with Crippen molar-refractivity contribution < 1.29 is 0 Å². The van der Waals surface area contributed by atoms with Crippen molar-refractivity contribution in [3.63, 3.8) is 0 Å². The lowest BCUT2D eigenvalue weighted by Crippen LogP contribution is -2.14. The molecule has 0 radical (unpaired) electrons. The second-order valence-electron chi connectivity index (χ2n) is 12.9. The molecule has 6 aromatic carbocycles. The van der Waals surface area contributed by atoms with E-state index in [-0.39, 0.29) is 5.41 Å². The van der Waals surface area contributed by atoms with Gasteiger partial charge in [-0.2, -0.15) is 0 Å². The molecule has 222 valence electrons. The van der Waals surface area contributed by atoms with Gasteiger partial charge in [-0.05, 0) is 80.6 Å². The van der Waals surface area contributed by atoms with Crippen molar-refractivity contribution in [2.45, 2.75) is 19.3 Å². The normalized spacial score (nSPS) is 13.1. The van der Waals surface area contributed by atoms with Crippen LogP contribution in [-0.2, 0) is 5.41 Å². The van der Waals surface area contributed by atoms with Crippen molar-refractivity contribution in [2.24, 2.45) is 0 Å². The summed E-state index contributed by atoms with van der Waals surface area (Å²) in [6.07, 6.45) is 1.84. The zero-order chi connectivity index (χ0) is 31.5. The summed E-state index contributed by atoms with van der Waals surface area (Å²) in [6.45, 7) is 4.68. The molecule has 2 aromatic heterocycles. The monoisotopic (exact) mass is 601 g/mol. The van der Waals surface area contributed by atoms with Crippen molar-refractivity contribution in [3.8, 4) is 56.2 Å². The first kappa shape index (κ1) is 27.4. The third-order valence-electron chi connectivity index (χ3n) is 9.72. The Hall–Kier alpha value is -5.93. The molecule has 3 nitrogen and oxygen atoms in total. The highest BCUT2D eigenvalue weighted by Gasteiger charge is 2.37. The van der Waals surface area contributed by atoms with Crippen LogP contribution in [0, 0.1) is 0 Å². The third kappa shape index (κ3) is 4.54. The van der Waals surface area contributed by atoms with E-state index >= 15 is 0 Å². The molecule has 0 N–H and O–H groups in total. The van der Waals surface area contributed by atoms with Gasteiger partial charge in [0.15, 0.2) is 5.82 Å². The lowest BCUT2D eigenvalue weighted by atomic mass is 9.81. The maximum absolute atomic E-state index is 5.24. The van der Waals surface area contributed by atoms with Crippen LogP contribution in [-0.4, -0.2) is 15.0 Å². The van der Waals surface area contributed by atoms with Gasteiger partial charge in [0, 0.05) is 33.7 Å². The molecule has 0 fully saturated rings. The van der Waals surface area contributed by atoms with Gasteiger partial charge in [-0.25, -0.2) is 9.97 Å². The highest BCUT2D eigenvalue weighted by molar-refractivity contribution is 5.98. The minimum absolute atomic E-state index is 0.127. The van der Waals surface area contributed by atoms with Crippen molar-refractivity contribution in [1.82, 2.24) is 15.0 Å². The Kier molecular flexibility index (Phi) is 6.16. The largest absolute Gasteiger partial charge is 0.256 e. The Morgan fingerprint density at radius 3 is 1.98 bits per heavy atom. The van der Waals surface area contributed by atoms with E-state index in [1.54, 1.807) is 0 Å². The molecule has 1 aliphatic rings. The van der Waals surface area contributed by atoms with Crippen LogP contribution in [0.25, 0.3) is 77.8 Å². The summed E-state index contributed by atoms with van der Waals surface area (Å²) in [4.78, 5) is 14.8. The summed E-state index contributed by atoms with van der Waals surface area (Å²) in [5, 5.41) is 3.66. The van der Waals surface area contributed by atoms with Gasteiger partial charge in [0.25, 0.3) is 0 Å². The van der Waals surface area contributed by atoms with Gasteiger partial charge >= 0.3 is 0 Å². The number of rotatable bonds is 4. The average molecular weight is 602 g/mol. The first-order chi connectivity index (χ1) is 23.0. The quantitative estimate of drug-likeness (QED) is 0.201. The molecule has 0 saturated carbocycles. The number of nitrogens with zero attached hydrogens (tertiary/aromatic N) is 3. The van der Waals surface area contributed by atoms with Gasteiger partial charge < -0.3 is 0 Å². The van der Waals surface area contributed by atoms with Crippen LogP contribution in [0.2, 0.25) is 0 Å². The van der Waals surface area contributed by atoms with Gasteiger partial charge in [0.2, 0.25) is 0 Å². The summed E-state index contributed by atoms with van der Waals surface area (Å²) in [5.74, 6) is 0.720. The number of pyridine rings is 1. The molecule has 1 aliphatic carbocycles. The van der Waals surface area contributed by atoms with Crippen LogP contribution in [0.5, 0.6) is 0 Å². The Labute approximate surface area is 274 Å². The standard InChI is InChI=1S/C44H31N3/c1-44(2)37-16-8-15-35(42(37)36-25-31-12-6-7-13-32(31)26-38(36)44)41-27-40(46-43(47-41)30-10-4-3-5-11-30)29-19-17-28(18-20-29)33-21-22-39-34(24-33)14-9-23-45-39/h3-27H,1-2H3. The van der Waals surface area contributed by atoms with E-state index in [4.69, 9.17) is 9.97 Å². The molecule has 8 aromatic rings. The molecule has 3 heteroatoms. The molecule has 9 rings (SSSR count). The fourth-order valence-corrected chi connectivity index (χ4v) is 7.22. The van der Waals surface area contributed by atoms with Gasteiger partial charge in [0.1, 0.15) is 0 Å². The molecule has 0 unspecified atom stereocenters. The Morgan fingerprint density at radius 2 is 1.15 bits per heavy atom. The van der Waals surface area contributed by atoms with E-state index in [1.807, 2.05) is 30.5 Å². The summed E-state index contributed by atoms with van der Waals surface area (Å²) in [7, 11) is 0. The molecule has 47 heavy (non-hydrogen) atoms. The summed E-state index contributed by atoms with van der Waals surface area (Å²) in [6, 6.07) is 51.7. The number of fused-ring (bicyclic) bond motifs is 5. The van der Waals surface area contributed by atoms with Crippen molar-refractivity contribution in [2.75, 3.05) is 0 Å². The fraction of sp³-hybridized carbons (Fsp3) is 0.0682. The maximum atomic E-state index is 5.24.